The second-order valence-electron chi connectivity index (χ2n) is 9.34. The second kappa shape index (κ2) is 9.99. The molecule has 2 aromatic rings. The van der Waals surface area contributed by atoms with Crippen molar-refractivity contribution in [2.75, 3.05) is 6.61 Å². The van der Waals surface area contributed by atoms with Crippen LogP contribution in [0.15, 0.2) is 24.3 Å². The second-order valence-corrected chi connectivity index (χ2v) is 10.5. The van der Waals surface area contributed by atoms with Gasteiger partial charge in [0.1, 0.15) is 12.4 Å². The SMILES string of the molecule is CCC(CC)(c1ccc(OCC(=O)C(C)(C)C)c(C)c1)c1cc(C)c(CCC(=O)O)s1. The molecule has 0 aliphatic heterocycles. The molecule has 170 valence electrons. The van der Waals surface area contributed by atoms with Crippen molar-refractivity contribution in [1.82, 2.24) is 0 Å². The molecule has 0 fully saturated rings. The summed E-state index contributed by atoms with van der Waals surface area (Å²) in [6.45, 7) is 14.3. The van der Waals surface area contributed by atoms with Crippen molar-refractivity contribution in [3.05, 3.63) is 50.7 Å². The van der Waals surface area contributed by atoms with E-state index in [1.165, 1.54) is 16.0 Å². The number of ether oxygens (including phenoxy) is 1. The highest BCUT2D eigenvalue weighted by atomic mass is 32.1. The number of carboxylic acid groups (broad SMARTS) is 1. The standard InChI is InChI=1S/C26H36O4S/c1-8-26(9-2,23-15-18(4)21(31-23)12-13-24(28)29)19-10-11-20(17(3)14-19)30-16-22(27)25(5,6)7/h10-11,14-15H,8-9,12-13,16H2,1-7H3,(H,28,29). The van der Waals surface area contributed by atoms with Crippen molar-refractivity contribution in [1.29, 1.82) is 0 Å². The van der Waals surface area contributed by atoms with Crippen LogP contribution in [0.25, 0.3) is 0 Å². The fourth-order valence-corrected chi connectivity index (χ4v) is 5.37. The number of hydrogen-bond donors (Lipinski definition) is 1. The molecule has 0 saturated heterocycles. The van der Waals surface area contributed by atoms with E-state index in [4.69, 9.17) is 9.84 Å². The number of rotatable bonds is 10. The number of hydrogen-bond acceptors (Lipinski definition) is 4. The molecule has 31 heavy (non-hydrogen) atoms. The fourth-order valence-electron chi connectivity index (χ4n) is 3.84. The van der Waals surface area contributed by atoms with E-state index in [0.717, 1.165) is 29.0 Å². The van der Waals surface area contributed by atoms with E-state index >= 15 is 0 Å². The Labute approximate surface area is 190 Å². The monoisotopic (exact) mass is 444 g/mol. The van der Waals surface area contributed by atoms with Gasteiger partial charge in [-0.1, -0.05) is 46.8 Å². The molecule has 1 N–H and O–H groups in total. The Morgan fingerprint density at radius 1 is 1.03 bits per heavy atom. The van der Waals surface area contributed by atoms with Crippen molar-refractivity contribution in [2.45, 2.75) is 79.6 Å². The minimum Gasteiger partial charge on any atom is -0.486 e. The third-order valence-electron chi connectivity index (χ3n) is 6.19. The molecule has 0 unspecified atom stereocenters. The van der Waals surface area contributed by atoms with Gasteiger partial charge in [-0.05, 0) is 61.9 Å². The van der Waals surface area contributed by atoms with Crippen LogP contribution in [-0.2, 0) is 21.4 Å². The van der Waals surface area contributed by atoms with Crippen LogP contribution in [0.5, 0.6) is 5.75 Å². The number of carbonyl (C=O) groups excluding carboxylic acids is 1. The van der Waals surface area contributed by atoms with Crippen LogP contribution >= 0.6 is 11.3 Å². The Hall–Kier alpha value is -2.14. The zero-order valence-electron chi connectivity index (χ0n) is 19.9. The first-order chi connectivity index (χ1) is 14.4. The zero-order chi connectivity index (χ0) is 23.4. The highest BCUT2D eigenvalue weighted by molar-refractivity contribution is 7.12. The van der Waals surface area contributed by atoms with Gasteiger partial charge in [0.25, 0.3) is 0 Å². The molecule has 0 spiro atoms. The molecule has 0 aliphatic carbocycles. The summed E-state index contributed by atoms with van der Waals surface area (Å²) >= 11 is 1.74. The molecule has 1 aromatic carbocycles. The number of benzene rings is 1. The van der Waals surface area contributed by atoms with Gasteiger partial charge in [0.05, 0.1) is 6.42 Å². The fraction of sp³-hybridized carbons (Fsp3) is 0.538. The molecular weight excluding hydrogens is 408 g/mol. The van der Waals surface area contributed by atoms with E-state index in [1.807, 2.05) is 33.8 Å². The first-order valence-electron chi connectivity index (χ1n) is 11.0. The average molecular weight is 445 g/mol. The summed E-state index contributed by atoms with van der Waals surface area (Å²) in [5, 5.41) is 9.05. The lowest BCUT2D eigenvalue weighted by molar-refractivity contribution is -0.137. The normalized spacial score (nSPS) is 12.1. The van der Waals surface area contributed by atoms with E-state index in [0.29, 0.717) is 6.42 Å². The van der Waals surface area contributed by atoms with E-state index < -0.39 is 11.4 Å². The lowest BCUT2D eigenvalue weighted by Crippen LogP contribution is -2.27. The first kappa shape index (κ1) is 25.1. The Bertz CT molecular complexity index is 929. The number of Topliss-reactive ketones (excluding diaryl/α,β-unsaturated/α-hetero) is 1. The minimum absolute atomic E-state index is 0.0768. The van der Waals surface area contributed by atoms with E-state index in [2.05, 4.69) is 39.0 Å². The molecule has 5 heteroatoms. The van der Waals surface area contributed by atoms with Crippen LogP contribution in [0.3, 0.4) is 0 Å². The third kappa shape index (κ3) is 5.76. The maximum Gasteiger partial charge on any atom is 0.303 e. The van der Waals surface area contributed by atoms with Crippen molar-refractivity contribution < 1.29 is 19.4 Å². The van der Waals surface area contributed by atoms with Gasteiger partial charge in [-0.15, -0.1) is 11.3 Å². The number of carboxylic acids is 1. The van der Waals surface area contributed by atoms with Gasteiger partial charge in [0, 0.05) is 20.6 Å². The molecule has 0 aliphatic rings. The Morgan fingerprint density at radius 2 is 1.68 bits per heavy atom. The van der Waals surface area contributed by atoms with Gasteiger partial charge in [0.2, 0.25) is 0 Å². The maximum atomic E-state index is 12.2. The summed E-state index contributed by atoms with van der Waals surface area (Å²) in [5.41, 5.74) is 2.88. The number of aliphatic carboxylic acids is 1. The molecule has 0 radical (unpaired) electrons. The summed E-state index contributed by atoms with van der Waals surface area (Å²) in [4.78, 5) is 25.7. The lowest BCUT2D eigenvalue weighted by Gasteiger charge is -2.32. The topological polar surface area (TPSA) is 63.6 Å². The number of ketones is 1. The summed E-state index contributed by atoms with van der Waals surface area (Å²) in [7, 11) is 0. The Balaban J connectivity index is 2.34. The summed E-state index contributed by atoms with van der Waals surface area (Å²) in [5.74, 6) is 0.0603. The molecule has 0 amide bonds. The number of carbonyl (C=O) groups is 2. The quantitative estimate of drug-likeness (QED) is 0.455. The lowest BCUT2D eigenvalue weighted by atomic mass is 9.74. The van der Waals surface area contributed by atoms with Crippen LogP contribution in [0.1, 0.15) is 80.3 Å². The maximum absolute atomic E-state index is 12.2. The highest BCUT2D eigenvalue weighted by Crippen LogP contribution is 2.44. The molecule has 0 bridgehead atoms. The number of thiophene rings is 1. The smallest absolute Gasteiger partial charge is 0.303 e. The molecule has 4 nitrogen and oxygen atoms in total. The van der Waals surface area contributed by atoms with Gasteiger partial charge >= 0.3 is 5.97 Å². The number of aryl methyl sites for hydroxylation is 3. The minimum atomic E-state index is -0.761. The Kier molecular flexibility index (Phi) is 8.09. The molecule has 1 heterocycles. The predicted octanol–water partition coefficient (Wildman–Crippen LogP) is 6.48. The van der Waals surface area contributed by atoms with E-state index in [-0.39, 0.29) is 24.2 Å². The van der Waals surface area contributed by atoms with Gasteiger partial charge < -0.3 is 9.84 Å². The molecule has 0 atom stereocenters. The molecule has 0 saturated carbocycles. The Morgan fingerprint density at radius 3 is 2.19 bits per heavy atom. The van der Waals surface area contributed by atoms with Crippen molar-refractivity contribution in [3.8, 4) is 5.75 Å². The highest BCUT2D eigenvalue weighted by Gasteiger charge is 2.33. The van der Waals surface area contributed by atoms with Crippen LogP contribution in [0, 0.1) is 19.3 Å². The van der Waals surface area contributed by atoms with Crippen molar-refractivity contribution >= 4 is 23.1 Å². The molecule has 1 aromatic heterocycles. The van der Waals surface area contributed by atoms with Gasteiger partial charge in [-0.2, -0.15) is 0 Å². The molecular formula is C26H36O4S. The van der Waals surface area contributed by atoms with Crippen molar-refractivity contribution in [2.24, 2.45) is 5.41 Å². The zero-order valence-corrected chi connectivity index (χ0v) is 20.7. The van der Waals surface area contributed by atoms with Gasteiger partial charge in [-0.3, -0.25) is 9.59 Å². The van der Waals surface area contributed by atoms with Crippen LogP contribution < -0.4 is 4.74 Å². The summed E-state index contributed by atoms with van der Waals surface area (Å²) in [6.07, 6.45) is 2.63. The average Bonchev–Trinajstić information content (AvgIpc) is 3.07. The van der Waals surface area contributed by atoms with Gasteiger partial charge in [-0.25, -0.2) is 0 Å². The van der Waals surface area contributed by atoms with Crippen LogP contribution in [-0.4, -0.2) is 23.5 Å². The van der Waals surface area contributed by atoms with E-state index in [1.54, 1.807) is 11.3 Å². The third-order valence-corrected chi connectivity index (χ3v) is 7.69. The first-order valence-corrected chi connectivity index (χ1v) is 11.8. The summed E-state index contributed by atoms with van der Waals surface area (Å²) in [6, 6.07) is 8.50. The van der Waals surface area contributed by atoms with E-state index in [9.17, 15) is 9.59 Å². The predicted molar refractivity (Wildman–Crippen MR) is 128 cm³/mol. The largest absolute Gasteiger partial charge is 0.486 e. The van der Waals surface area contributed by atoms with Crippen LogP contribution in [0.2, 0.25) is 0 Å². The van der Waals surface area contributed by atoms with Crippen LogP contribution in [0.4, 0.5) is 0 Å². The van der Waals surface area contributed by atoms with Crippen molar-refractivity contribution in [3.63, 3.8) is 0 Å². The molecule has 2 rings (SSSR count). The summed E-state index contributed by atoms with van der Waals surface area (Å²) < 4.78 is 5.84. The van der Waals surface area contributed by atoms with Gasteiger partial charge in [0.15, 0.2) is 5.78 Å².